The fraction of sp³-hybridized carbons (Fsp3) is 0.604. The zero-order valence-corrected chi connectivity index (χ0v) is 38.1. The predicted molar refractivity (Wildman–Crippen MR) is 239 cm³/mol. The molecule has 0 aromatic heterocycles. The summed E-state index contributed by atoms with van der Waals surface area (Å²) < 4.78 is 18.6. The van der Waals surface area contributed by atoms with E-state index in [-0.39, 0.29) is 48.4 Å². The minimum Gasteiger partial charge on any atom is -0.461 e. The Morgan fingerprint density at radius 3 is 2.48 bits per heavy atom. The molecule has 8 heteroatoms. The highest BCUT2D eigenvalue weighted by atomic mass is 16.6. The van der Waals surface area contributed by atoms with Crippen molar-refractivity contribution >= 4 is 23.6 Å². The number of carbonyl (C=O) groups excluding carboxylic acids is 3. The van der Waals surface area contributed by atoms with Crippen molar-refractivity contribution in [2.75, 3.05) is 13.2 Å². The van der Waals surface area contributed by atoms with Gasteiger partial charge in [-0.1, -0.05) is 127 Å². The fourth-order valence-electron chi connectivity index (χ4n) is 13.9. The minimum atomic E-state index is -0.904. The summed E-state index contributed by atoms with van der Waals surface area (Å²) in [4.78, 5) is 40.0. The Kier molecular flexibility index (Phi) is 11.3. The van der Waals surface area contributed by atoms with Crippen LogP contribution in [0.3, 0.4) is 0 Å². The van der Waals surface area contributed by atoms with Gasteiger partial charge < -0.3 is 24.6 Å². The number of hydrogen-bond donors (Lipinski definition) is 2. The predicted octanol–water partition coefficient (Wildman–Crippen LogP) is 10.9. The monoisotopic (exact) mass is 832 g/mol. The molecular weight excluding hydrogens is 763 g/mol. The standard InChI is InChI=1S/C53H69NO7/c1-30(2)31(3)19-20-32(4)40-22-23-41-38-21-24-43-50(7,8)47(57)42(27-51(43,9)46(38)53(25-14-26-53)48(52(40,41)10)60-34(6)55)61-44(56)28-54-49(58)59-29-39-35-16-11-12-17-36(35)45-33(5)15-13-18-37(39)45/h11-13,16-18,20,23,30,33,39-40,42-43,47-48,57H,3,14-15,19,21-22,24-29H2,1-2,4-10H3,(H,54,58)/b32-20-/t33?,39?,40?,42-,43?,47+,48-,51?,52?/m1/s1. The van der Waals surface area contributed by atoms with Gasteiger partial charge in [0, 0.05) is 23.7 Å². The van der Waals surface area contributed by atoms with Gasteiger partial charge in [-0.25, -0.2) is 4.79 Å². The van der Waals surface area contributed by atoms with Gasteiger partial charge in [0.05, 0.1) is 6.10 Å². The summed E-state index contributed by atoms with van der Waals surface area (Å²) in [6.07, 6.45) is 14.3. The van der Waals surface area contributed by atoms with Crippen molar-refractivity contribution < 1.29 is 33.7 Å². The molecule has 8 rings (SSSR count). The number of alkyl carbamates (subject to hydrolysis) is 1. The summed E-state index contributed by atoms with van der Waals surface area (Å²) in [6.45, 7) is 23.4. The van der Waals surface area contributed by atoms with Gasteiger partial charge >= 0.3 is 18.0 Å². The van der Waals surface area contributed by atoms with Crippen molar-refractivity contribution in [2.45, 2.75) is 144 Å². The third-order valence-corrected chi connectivity index (χ3v) is 16.9. The van der Waals surface area contributed by atoms with Gasteiger partial charge in [-0.05, 0) is 126 Å². The van der Waals surface area contributed by atoms with Crippen molar-refractivity contribution in [2.24, 2.45) is 45.3 Å². The minimum absolute atomic E-state index is 0.0653. The molecule has 1 aromatic rings. The zero-order chi connectivity index (χ0) is 43.8. The van der Waals surface area contributed by atoms with E-state index in [9.17, 15) is 19.5 Å². The number of ether oxygens (including phenoxy) is 3. The van der Waals surface area contributed by atoms with Crippen molar-refractivity contribution in [1.29, 1.82) is 0 Å². The number of rotatable bonds is 10. The molecule has 2 N–H and O–H groups in total. The highest BCUT2D eigenvalue weighted by Crippen LogP contribution is 2.75. The Hall–Kier alpha value is -4.17. The topological polar surface area (TPSA) is 111 Å². The lowest BCUT2D eigenvalue weighted by Gasteiger charge is -2.68. The second-order valence-electron chi connectivity index (χ2n) is 21.0. The number of hydrogen-bond acceptors (Lipinski definition) is 7. The molecular formula is C53H69NO7. The lowest BCUT2D eigenvalue weighted by atomic mass is 9.38. The molecule has 0 bridgehead atoms. The van der Waals surface area contributed by atoms with E-state index < -0.39 is 40.5 Å². The van der Waals surface area contributed by atoms with E-state index in [1.54, 1.807) is 6.92 Å². The molecule has 0 saturated heterocycles. The van der Waals surface area contributed by atoms with Gasteiger partial charge in [-0.3, -0.25) is 9.59 Å². The first-order chi connectivity index (χ1) is 28.9. The quantitative estimate of drug-likeness (QED) is 0.137. The van der Waals surface area contributed by atoms with Gasteiger partial charge in [-0.2, -0.15) is 0 Å². The Labute approximate surface area is 364 Å². The average molecular weight is 832 g/mol. The molecule has 0 heterocycles. The summed E-state index contributed by atoms with van der Waals surface area (Å²) >= 11 is 0. The second-order valence-corrected chi connectivity index (χ2v) is 21.0. The van der Waals surface area contributed by atoms with Crippen LogP contribution in [-0.4, -0.2) is 54.6 Å². The van der Waals surface area contributed by atoms with Gasteiger partial charge in [0.2, 0.25) is 0 Å². The third-order valence-electron chi connectivity index (χ3n) is 16.9. The van der Waals surface area contributed by atoms with Crippen molar-refractivity contribution in [1.82, 2.24) is 5.32 Å². The number of allylic oxidation sites excluding steroid dienone is 8. The van der Waals surface area contributed by atoms with E-state index >= 15 is 0 Å². The number of amides is 1. The number of fused-ring (bicyclic) bond motifs is 7. The van der Waals surface area contributed by atoms with Crippen LogP contribution in [-0.2, 0) is 23.8 Å². The van der Waals surface area contributed by atoms with Crippen LogP contribution in [0.25, 0.3) is 5.57 Å². The van der Waals surface area contributed by atoms with Crippen molar-refractivity contribution in [3.63, 3.8) is 0 Å². The summed E-state index contributed by atoms with van der Waals surface area (Å²) in [5.41, 5.74) is 9.73. The number of benzene rings is 1. The van der Waals surface area contributed by atoms with Crippen LogP contribution in [0.1, 0.15) is 137 Å². The van der Waals surface area contributed by atoms with Crippen LogP contribution in [0.5, 0.6) is 0 Å². The first-order valence-electron chi connectivity index (χ1n) is 23.1. The highest BCUT2D eigenvalue weighted by Gasteiger charge is 2.70. The van der Waals surface area contributed by atoms with Crippen molar-refractivity contribution in [3.05, 3.63) is 99.7 Å². The van der Waals surface area contributed by atoms with E-state index in [1.165, 1.54) is 44.6 Å². The van der Waals surface area contributed by atoms with Gasteiger partial charge in [-0.15, -0.1) is 0 Å². The van der Waals surface area contributed by atoms with E-state index in [4.69, 9.17) is 14.2 Å². The maximum atomic E-state index is 13.7. The Morgan fingerprint density at radius 2 is 1.79 bits per heavy atom. The van der Waals surface area contributed by atoms with Gasteiger partial charge in [0.1, 0.15) is 25.4 Å². The van der Waals surface area contributed by atoms with Crippen LogP contribution in [0.4, 0.5) is 4.79 Å². The number of esters is 2. The molecule has 61 heavy (non-hydrogen) atoms. The Balaban J connectivity index is 1.02. The molecule has 6 unspecified atom stereocenters. The molecule has 1 spiro atoms. The highest BCUT2D eigenvalue weighted by molar-refractivity contribution is 5.83. The molecule has 2 fully saturated rings. The Bertz CT molecular complexity index is 2160. The van der Waals surface area contributed by atoms with Gasteiger partial charge in [0.15, 0.2) is 0 Å². The summed E-state index contributed by atoms with van der Waals surface area (Å²) in [5, 5.41) is 14.7. The lowest BCUT2D eigenvalue weighted by molar-refractivity contribution is -0.199. The number of aliphatic hydroxyl groups excluding tert-OH is 1. The molecule has 8 nitrogen and oxygen atoms in total. The molecule has 328 valence electrons. The lowest BCUT2D eigenvalue weighted by Crippen LogP contribution is -2.66. The van der Waals surface area contributed by atoms with Crippen LogP contribution in [0.2, 0.25) is 0 Å². The second kappa shape index (κ2) is 15.9. The van der Waals surface area contributed by atoms with E-state index in [0.29, 0.717) is 18.3 Å². The molecule has 1 amide bonds. The summed E-state index contributed by atoms with van der Waals surface area (Å²) in [5.74, 6) is 0.166. The SMILES string of the molecule is C=C(C/C=C(/C)C1CC=C2C3=C(C4(C)C[C@@H](OC(=O)CNC(=O)OCC5C6=C(c7ccccc75)C(C)CC=C6)[C@H](O)C(C)(C)C4CC3)C3(CCC3)[C@H](OC(C)=O)C21C)C(C)C. The molecule has 1 aromatic carbocycles. The first kappa shape index (κ1) is 43.5. The van der Waals surface area contributed by atoms with Gasteiger partial charge in [0.25, 0.3) is 0 Å². The van der Waals surface area contributed by atoms with E-state index in [1.807, 2.05) is 6.07 Å². The first-order valence-corrected chi connectivity index (χ1v) is 23.1. The van der Waals surface area contributed by atoms with E-state index in [0.717, 1.165) is 56.9 Å². The Morgan fingerprint density at radius 1 is 1.05 bits per heavy atom. The molecule has 2 saturated carbocycles. The zero-order valence-electron chi connectivity index (χ0n) is 38.1. The van der Waals surface area contributed by atoms with Crippen LogP contribution < -0.4 is 5.32 Å². The molecule has 0 radical (unpaired) electrons. The smallest absolute Gasteiger partial charge is 0.407 e. The number of carbonyl (C=O) groups is 3. The largest absolute Gasteiger partial charge is 0.461 e. The van der Waals surface area contributed by atoms with Crippen LogP contribution in [0.15, 0.2) is 88.6 Å². The molecule has 7 aliphatic rings. The maximum absolute atomic E-state index is 13.7. The fourth-order valence-corrected chi connectivity index (χ4v) is 13.9. The third kappa shape index (κ3) is 6.93. The summed E-state index contributed by atoms with van der Waals surface area (Å²) in [6, 6.07) is 8.32. The summed E-state index contributed by atoms with van der Waals surface area (Å²) in [7, 11) is 0. The average Bonchev–Trinajstić information content (AvgIpc) is 3.72. The number of aliphatic hydroxyl groups is 1. The van der Waals surface area contributed by atoms with E-state index in [2.05, 4.69) is 110 Å². The maximum Gasteiger partial charge on any atom is 0.407 e. The molecule has 0 aliphatic heterocycles. The molecule has 7 aliphatic carbocycles. The van der Waals surface area contributed by atoms with Crippen LogP contribution >= 0.6 is 0 Å². The number of nitrogens with one attached hydrogen (secondary N) is 1. The van der Waals surface area contributed by atoms with Crippen molar-refractivity contribution in [3.8, 4) is 0 Å². The molecule has 9 atom stereocenters. The normalized spacial score (nSPS) is 34.0. The van der Waals surface area contributed by atoms with Crippen LogP contribution in [0, 0.1) is 45.3 Å².